The zero-order chi connectivity index (χ0) is 19.6. The number of hydrogen-bond donors (Lipinski definition) is 2. The SMILES string of the molecule is Cc1ccccc1C(=O)NC(c1cccc(F)c1Cl)[C@]1(O)CC[C@@H](F)CC1. The summed E-state index contributed by atoms with van der Waals surface area (Å²) >= 11 is 6.15. The molecule has 2 aromatic rings. The summed E-state index contributed by atoms with van der Waals surface area (Å²) in [6.07, 6.45) is -0.319. The van der Waals surface area contributed by atoms with Crippen LogP contribution in [0.3, 0.4) is 0 Å². The van der Waals surface area contributed by atoms with Gasteiger partial charge in [0.05, 0.1) is 16.7 Å². The summed E-state index contributed by atoms with van der Waals surface area (Å²) in [6, 6.07) is 10.4. The zero-order valence-corrected chi connectivity index (χ0v) is 15.8. The minimum Gasteiger partial charge on any atom is -0.387 e. The second-order valence-corrected chi connectivity index (χ2v) is 7.52. The third kappa shape index (κ3) is 4.14. The highest BCUT2D eigenvalue weighted by molar-refractivity contribution is 6.31. The molecule has 3 nitrogen and oxygen atoms in total. The molecule has 27 heavy (non-hydrogen) atoms. The molecule has 144 valence electrons. The summed E-state index contributed by atoms with van der Waals surface area (Å²) in [5.74, 6) is -1.03. The number of aliphatic hydroxyl groups is 1. The highest BCUT2D eigenvalue weighted by Crippen LogP contribution is 2.42. The van der Waals surface area contributed by atoms with Gasteiger partial charge >= 0.3 is 0 Å². The number of carbonyl (C=O) groups is 1. The number of rotatable bonds is 4. The highest BCUT2D eigenvalue weighted by atomic mass is 35.5. The van der Waals surface area contributed by atoms with Crippen molar-refractivity contribution < 1.29 is 18.7 Å². The van der Waals surface area contributed by atoms with E-state index in [4.69, 9.17) is 11.6 Å². The van der Waals surface area contributed by atoms with Gasteiger partial charge in [0.25, 0.3) is 5.91 Å². The van der Waals surface area contributed by atoms with Gasteiger partial charge in [0, 0.05) is 5.56 Å². The highest BCUT2D eigenvalue weighted by Gasteiger charge is 2.43. The molecule has 0 aromatic heterocycles. The summed E-state index contributed by atoms with van der Waals surface area (Å²) in [4.78, 5) is 12.9. The molecule has 2 N–H and O–H groups in total. The van der Waals surface area contributed by atoms with Crippen molar-refractivity contribution in [3.63, 3.8) is 0 Å². The lowest BCUT2D eigenvalue weighted by Crippen LogP contribution is -2.48. The molecule has 0 radical (unpaired) electrons. The number of benzene rings is 2. The minimum absolute atomic E-state index is 0.150. The maximum atomic E-state index is 14.0. The van der Waals surface area contributed by atoms with E-state index in [2.05, 4.69) is 5.32 Å². The lowest BCUT2D eigenvalue weighted by molar-refractivity contribution is -0.0445. The van der Waals surface area contributed by atoms with Crippen LogP contribution in [-0.2, 0) is 0 Å². The van der Waals surface area contributed by atoms with Crippen molar-refractivity contribution in [1.29, 1.82) is 0 Å². The Kier molecular flexibility index (Phi) is 5.82. The van der Waals surface area contributed by atoms with Crippen LogP contribution in [0, 0.1) is 12.7 Å². The van der Waals surface area contributed by atoms with Gasteiger partial charge in [-0.3, -0.25) is 4.79 Å². The first kappa shape index (κ1) is 19.8. The van der Waals surface area contributed by atoms with Crippen LogP contribution in [0.1, 0.15) is 53.2 Å². The maximum absolute atomic E-state index is 14.0. The van der Waals surface area contributed by atoms with Gasteiger partial charge in [-0.1, -0.05) is 41.9 Å². The molecule has 1 fully saturated rings. The van der Waals surface area contributed by atoms with Gasteiger partial charge in [-0.2, -0.15) is 0 Å². The van der Waals surface area contributed by atoms with Crippen molar-refractivity contribution in [1.82, 2.24) is 5.32 Å². The zero-order valence-electron chi connectivity index (χ0n) is 15.0. The second-order valence-electron chi connectivity index (χ2n) is 7.14. The number of halogens is 3. The smallest absolute Gasteiger partial charge is 0.252 e. The first-order valence-corrected chi connectivity index (χ1v) is 9.36. The predicted octanol–water partition coefficient (Wildman–Crippen LogP) is 4.90. The standard InChI is InChI=1S/C21H22ClF2NO2/c1-13-5-2-3-6-15(13)20(26)25-19(16-7-4-8-17(24)18(16)22)21(27)11-9-14(23)10-12-21/h2-8,14,19,27H,9-12H2,1H3,(H,25,26)/t14-,19?,21+. The first-order valence-electron chi connectivity index (χ1n) is 8.98. The lowest BCUT2D eigenvalue weighted by atomic mass is 9.76. The van der Waals surface area contributed by atoms with Gasteiger partial charge in [-0.25, -0.2) is 8.78 Å². The van der Waals surface area contributed by atoms with E-state index in [-0.39, 0.29) is 30.7 Å². The van der Waals surface area contributed by atoms with E-state index < -0.39 is 29.5 Å². The molecule has 1 unspecified atom stereocenters. The van der Waals surface area contributed by atoms with E-state index >= 15 is 0 Å². The Hall–Kier alpha value is -1.98. The molecule has 0 bridgehead atoms. The fraction of sp³-hybridized carbons (Fsp3) is 0.381. The summed E-state index contributed by atoms with van der Waals surface area (Å²) in [6.45, 7) is 1.81. The average Bonchev–Trinajstić information content (AvgIpc) is 2.65. The minimum atomic E-state index is -1.40. The number of alkyl halides is 1. The molecule has 6 heteroatoms. The molecule has 1 saturated carbocycles. The fourth-order valence-corrected chi connectivity index (χ4v) is 3.89. The van der Waals surface area contributed by atoms with E-state index in [9.17, 15) is 18.7 Å². The van der Waals surface area contributed by atoms with E-state index in [1.807, 2.05) is 19.1 Å². The quantitative estimate of drug-likeness (QED) is 0.776. The van der Waals surface area contributed by atoms with Crippen LogP contribution >= 0.6 is 11.6 Å². The van der Waals surface area contributed by atoms with Crippen LogP contribution in [0.5, 0.6) is 0 Å². The average molecular weight is 394 g/mol. The van der Waals surface area contributed by atoms with E-state index in [1.165, 1.54) is 12.1 Å². The van der Waals surface area contributed by atoms with Crippen LogP contribution in [0.4, 0.5) is 8.78 Å². The molecule has 0 aliphatic heterocycles. The molecule has 1 aliphatic carbocycles. The summed E-state index contributed by atoms with van der Waals surface area (Å²) in [7, 11) is 0. The molecule has 1 amide bonds. The topological polar surface area (TPSA) is 49.3 Å². The van der Waals surface area contributed by atoms with Crippen molar-refractivity contribution in [3.05, 3.63) is 70.0 Å². The Morgan fingerprint density at radius 2 is 1.89 bits per heavy atom. The monoisotopic (exact) mass is 393 g/mol. The van der Waals surface area contributed by atoms with Crippen molar-refractivity contribution in [2.75, 3.05) is 0 Å². The maximum Gasteiger partial charge on any atom is 0.252 e. The van der Waals surface area contributed by atoms with Gasteiger partial charge in [0.1, 0.15) is 12.0 Å². The van der Waals surface area contributed by atoms with Gasteiger partial charge < -0.3 is 10.4 Å². The Morgan fingerprint density at radius 3 is 2.56 bits per heavy atom. The van der Waals surface area contributed by atoms with Gasteiger partial charge in [0.15, 0.2) is 0 Å². The molecule has 3 rings (SSSR count). The second kappa shape index (κ2) is 7.95. The fourth-order valence-electron chi connectivity index (χ4n) is 3.65. The van der Waals surface area contributed by atoms with Gasteiger partial charge in [0.2, 0.25) is 0 Å². The third-order valence-electron chi connectivity index (χ3n) is 5.28. The summed E-state index contributed by atoms with van der Waals surface area (Å²) in [5, 5.41) is 13.9. The van der Waals surface area contributed by atoms with E-state index in [1.54, 1.807) is 18.2 Å². The van der Waals surface area contributed by atoms with Crippen molar-refractivity contribution in [2.24, 2.45) is 0 Å². The Labute approximate surface area is 162 Å². The molecule has 2 aromatic carbocycles. The van der Waals surface area contributed by atoms with Crippen LogP contribution in [-0.4, -0.2) is 22.8 Å². The number of carbonyl (C=O) groups excluding carboxylic acids is 1. The Morgan fingerprint density at radius 1 is 1.22 bits per heavy atom. The van der Waals surface area contributed by atoms with Gasteiger partial charge in [-0.05, 0) is 55.9 Å². The number of nitrogens with one attached hydrogen (secondary N) is 1. The first-order chi connectivity index (χ1) is 12.8. The summed E-state index contributed by atoms with van der Waals surface area (Å²) in [5.41, 5.74) is 0.119. The van der Waals surface area contributed by atoms with Crippen molar-refractivity contribution in [3.8, 4) is 0 Å². The molecule has 1 atom stereocenters. The van der Waals surface area contributed by atoms with Crippen molar-refractivity contribution >= 4 is 17.5 Å². The number of hydrogen-bond acceptors (Lipinski definition) is 2. The van der Waals surface area contributed by atoms with Gasteiger partial charge in [-0.15, -0.1) is 0 Å². The lowest BCUT2D eigenvalue weighted by Gasteiger charge is -2.41. The molecular weight excluding hydrogens is 372 g/mol. The molecule has 0 spiro atoms. The van der Waals surface area contributed by atoms with Crippen LogP contribution in [0.25, 0.3) is 0 Å². The molecule has 1 aliphatic rings. The van der Waals surface area contributed by atoms with E-state index in [0.717, 1.165) is 5.56 Å². The third-order valence-corrected chi connectivity index (χ3v) is 5.67. The van der Waals surface area contributed by atoms with Crippen LogP contribution in [0.15, 0.2) is 42.5 Å². The van der Waals surface area contributed by atoms with Crippen molar-refractivity contribution in [2.45, 2.75) is 50.4 Å². The Bertz CT molecular complexity index is 835. The van der Waals surface area contributed by atoms with E-state index in [0.29, 0.717) is 11.1 Å². The van der Waals surface area contributed by atoms with Crippen LogP contribution < -0.4 is 5.32 Å². The summed E-state index contributed by atoms with van der Waals surface area (Å²) < 4.78 is 27.7. The number of amides is 1. The normalized spacial score (nSPS) is 23.7. The van der Waals surface area contributed by atoms with Crippen LogP contribution in [0.2, 0.25) is 5.02 Å². The molecule has 0 heterocycles. The predicted molar refractivity (Wildman–Crippen MR) is 101 cm³/mol. The molecular formula is C21H22ClF2NO2. The molecule has 0 saturated heterocycles. The largest absolute Gasteiger partial charge is 0.387 e. The number of aryl methyl sites for hydroxylation is 1. The Balaban J connectivity index is 1.99.